The second-order valence-electron chi connectivity index (χ2n) is 6.81. The summed E-state index contributed by atoms with van der Waals surface area (Å²) in [6.45, 7) is 2.08. The highest BCUT2D eigenvalue weighted by atomic mass is 35.5. The molecule has 2 aromatic carbocycles. The molecule has 0 spiro atoms. The molecule has 0 radical (unpaired) electrons. The van der Waals surface area contributed by atoms with Crippen LogP contribution in [0.4, 0.5) is 0 Å². The molecule has 0 saturated heterocycles. The number of allylic oxidation sites excluding steroid dienone is 1. The van der Waals surface area contributed by atoms with E-state index in [9.17, 15) is 9.59 Å². The van der Waals surface area contributed by atoms with Gasteiger partial charge in [0.1, 0.15) is 22.6 Å². The summed E-state index contributed by atoms with van der Waals surface area (Å²) in [6, 6.07) is 6.33. The van der Waals surface area contributed by atoms with E-state index in [1.165, 1.54) is 40.6 Å². The topological polar surface area (TPSA) is 71.1 Å². The third-order valence-corrected chi connectivity index (χ3v) is 5.25. The molecule has 172 valence electrons. The number of methoxy groups -OCH3 is 4. The number of unbranched alkanes of at least 4 members (excludes halogenated alkanes) is 2. The van der Waals surface area contributed by atoms with E-state index in [2.05, 4.69) is 6.92 Å². The molecule has 0 aliphatic carbocycles. The van der Waals surface area contributed by atoms with Gasteiger partial charge in [0.05, 0.1) is 28.4 Å². The van der Waals surface area contributed by atoms with Gasteiger partial charge in [-0.25, -0.2) is 9.59 Å². The third kappa shape index (κ3) is 5.56. The van der Waals surface area contributed by atoms with Gasteiger partial charge < -0.3 is 18.9 Å². The number of benzene rings is 2. The van der Waals surface area contributed by atoms with Crippen LogP contribution in [0.5, 0.6) is 11.5 Å². The van der Waals surface area contributed by atoms with Crippen molar-refractivity contribution in [1.82, 2.24) is 0 Å². The van der Waals surface area contributed by atoms with Gasteiger partial charge >= 0.3 is 11.9 Å². The lowest BCUT2D eigenvalue weighted by molar-refractivity contribution is 0.0588. The summed E-state index contributed by atoms with van der Waals surface area (Å²) in [6.07, 6.45) is 4.60. The Bertz CT molecular complexity index is 954. The van der Waals surface area contributed by atoms with Gasteiger partial charge in [0.15, 0.2) is 0 Å². The highest BCUT2D eigenvalue weighted by Gasteiger charge is 2.25. The van der Waals surface area contributed by atoms with Crippen LogP contribution in [0, 0.1) is 0 Å². The van der Waals surface area contributed by atoms with Crippen molar-refractivity contribution in [2.75, 3.05) is 28.4 Å². The molecule has 2 aromatic rings. The minimum Gasteiger partial charge on any atom is -0.495 e. The lowest BCUT2D eigenvalue weighted by Gasteiger charge is -2.20. The van der Waals surface area contributed by atoms with E-state index in [1.54, 1.807) is 12.1 Å². The molecule has 6 nitrogen and oxygen atoms in total. The van der Waals surface area contributed by atoms with Crippen LogP contribution in [0.25, 0.3) is 5.57 Å². The fraction of sp³-hybridized carbons (Fsp3) is 0.333. The molecule has 0 aromatic heterocycles. The molecular weight excluding hydrogens is 455 g/mol. The standard InChI is InChI=1S/C24H26Cl2O6/c1-6-7-8-9-16(17-10-14(25)12-19(21(17)29-2)23(27)31-4)18-11-15(26)13-20(22(18)30-3)24(28)32-5/h9-13H,6-8H2,1-5H3. The smallest absolute Gasteiger partial charge is 0.341 e. The fourth-order valence-electron chi connectivity index (χ4n) is 3.37. The zero-order valence-corrected chi connectivity index (χ0v) is 20.2. The van der Waals surface area contributed by atoms with Crippen LogP contribution in [0.1, 0.15) is 58.0 Å². The first-order valence-electron chi connectivity index (χ1n) is 9.95. The molecule has 0 bridgehead atoms. The van der Waals surface area contributed by atoms with E-state index in [0.29, 0.717) is 26.7 Å². The summed E-state index contributed by atoms with van der Waals surface area (Å²) >= 11 is 12.7. The third-order valence-electron chi connectivity index (χ3n) is 4.81. The Labute approximate surface area is 198 Å². The molecule has 0 saturated carbocycles. The zero-order chi connectivity index (χ0) is 23.8. The molecule has 8 heteroatoms. The Balaban J connectivity index is 2.92. The highest BCUT2D eigenvalue weighted by Crippen LogP contribution is 2.42. The molecule has 0 atom stereocenters. The molecule has 32 heavy (non-hydrogen) atoms. The number of halogens is 2. The van der Waals surface area contributed by atoms with Gasteiger partial charge in [0.2, 0.25) is 0 Å². The SMILES string of the molecule is CCCCC=C(c1cc(Cl)cc(C(=O)OC)c1OC)c1cc(Cl)cc(C(=O)OC)c1OC. The number of rotatable bonds is 9. The monoisotopic (exact) mass is 480 g/mol. The van der Waals surface area contributed by atoms with Gasteiger partial charge in [-0.2, -0.15) is 0 Å². The number of hydrogen-bond acceptors (Lipinski definition) is 6. The molecule has 0 fully saturated rings. The number of ether oxygens (including phenoxy) is 4. The van der Waals surface area contributed by atoms with Crippen LogP contribution < -0.4 is 9.47 Å². The molecule has 2 rings (SSSR count). The second-order valence-corrected chi connectivity index (χ2v) is 7.68. The first-order valence-corrected chi connectivity index (χ1v) is 10.7. The molecule has 0 N–H and O–H groups in total. The number of carbonyl (C=O) groups is 2. The fourth-order valence-corrected chi connectivity index (χ4v) is 3.80. The van der Waals surface area contributed by atoms with Crippen molar-refractivity contribution in [2.45, 2.75) is 26.2 Å². The predicted molar refractivity (Wildman–Crippen MR) is 125 cm³/mol. The number of hydrogen-bond donors (Lipinski definition) is 0. The Morgan fingerprint density at radius 3 is 1.53 bits per heavy atom. The average molecular weight is 481 g/mol. The van der Waals surface area contributed by atoms with Crippen molar-refractivity contribution in [3.05, 3.63) is 62.6 Å². The summed E-state index contributed by atoms with van der Waals surface area (Å²) in [5.74, 6) is -0.616. The average Bonchev–Trinajstić information content (AvgIpc) is 2.79. The molecule has 0 amide bonds. The van der Waals surface area contributed by atoms with E-state index in [1.807, 2.05) is 6.08 Å². The summed E-state index contributed by atoms with van der Waals surface area (Å²) < 4.78 is 21.0. The quantitative estimate of drug-likeness (QED) is 0.314. The molecule has 0 aliphatic heterocycles. The van der Waals surface area contributed by atoms with Gasteiger partial charge in [0.25, 0.3) is 0 Å². The summed E-state index contributed by atoms with van der Waals surface area (Å²) in [4.78, 5) is 24.8. The van der Waals surface area contributed by atoms with Gasteiger partial charge in [-0.15, -0.1) is 0 Å². The van der Waals surface area contributed by atoms with Crippen molar-refractivity contribution in [3.63, 3.8) is 0 Å². The first-order chi connectivity index (χ1) is 15.3. The van der Waals surface area contributed by atoms with Gasteiger partial charge in [-0.3, -0.25) is 0 Å². The van der Waals surface area contributed by atoms with Crippen LogP contribution in [-0.4, -0.2) is 40.4 Å². The predicted octanol–water partition coefficient (Wildman–Crippen LogP) is 6.21. The van der Waals surface area contributed by atoms with E-state index < -0.39 is 11.9 Å². The maximum Gasteiger partial charge on any atom is 0.341 e. The largest absolute Gasteiger partial charge is 0.495 e. The maximum atomic E-state index is 12.4. The lowest BCUT2D eigenvalue weighted by atomic mass is 9.91. The Kier molecular flexibility index (Phi) is 9.42. The van der Waals surface area contributed by atoms with E-state index in [4.69, 9.17) is 42.1 Å². The second kappa shape index (κ2) is 11.8. The van der Waals surface area contributed by atoms with Crippen molar-refractivity contribution < 1.29 is 28.5 Å². The van der Waals surface area contributed by atoms with Crippen molar-refractivity contribution in [3.8, 4) is 11.5 Å². The van der Waals surface area contributed by atoms with Crippen LogP contribution in [-0.2, 0) is 9.47 Å². The van der Waals surface area contributed by atoms with Crippen LogP contribution in [0.15, 0.2) is 30.3 Å². The van der Waals surface area contributed by atoms with Crippen LogP contribution >= 0.6 is 23.2 Å². The summed E-state index contributed by atoms with van der Waals surface area (Å²) in [5, 5.41) is 0.633. The molecule has 0 heterocycles. The zero-order valence-electron chi connectivity index (χ0n) is 18.7. The van der Waals surface area contributed by atoms with Crippen LogP contribution in [0.2, 0.25) is 10.0 Å². The normalized spacial score (nSPS) is 10.3. The Morgan fingerprint density at radius 1 is 0.781 bits per heavy atom. The molecule has 0 unspecified atom stereocenters. The minimum atomic E-state index is -0.591. The van der Waals surface area contributed by atoms with E-state index in [-0.39, 0.29) is 22.6 Å². The van der Waals surface area contributed by atoms with Gasteiger partial charge in [-0.1, -0.05) is 49.0 Å². The van der Waals surface area contributed by atoms with Gasteiger partial charge in [-0.05, 0) is 36.3 Å². The Morgan fingerprint density at radius 2 is 1.19 bits per heavy atom. The van der Waals surface area contributed by atoms with Crippen molar-refractivity contribution >= 4 is 40.7 Å². The van der Waals surface area contributed by atoms with Crippen molar-refractivity contribution in [1.29, 1.82) is 0 Å². The van der Waals surface area contributed by atoms with Crippen LogP contribution in [0.3, 0.4) is 0 Å². The van der Waals surface area contributed by atoms with E-state index in [0.717, 1.165) is 19.3 Å². The Hall–Kier alpha value is -2.70. The summed E-state index contributed by atoms with van der Waals surface area (Å²) in [7, 11) is 5.47. The molecular formula is C24H26Cl2O6. The summed E-state index contributed by atoms with van der Waals surface area (Å²) in [5.41, 5.74) is 2.06. The number of carbonyl (C=O) groups excluding carboxylic acids is 2. The minimum absolute atomic E-state index is 0.174. The highest BCUT2D eigenvalue weighted by molar-refractivity contribution is 6.32. The van der Waals surface area contributed by atoms with Crippen molar-refractivity contribution in [2.24, 2.45) is 0 Å². The van der Waals surface area contributed by atoms with E-state index >= 15 is 0 Å². The van der Waals surface area contributed by atoms with Gasteiger partial charge in [0, 0.05) is 21.2 Å². The lowest BCUT2D eigenvalue weighted by Crippen LogP contribution is -2.09. The number of esters is 2. The maximum absolute atomic E-state index is 12.4. The molecule has 0 aliphatic rings. The first kappa shape index (κ1) is 25.6.